The predicted molar refractivity (Wildman–Crippen MR) is 205 cm³/mol. The summed E-state index contributed by atoms with van der Waals surface area (Å²) in [6.45, 7) is 8.12. The Labute approximate surface area is 334 Å². The van der Waals surface area contributed by atoms with Crippen LogP contribution in [0.2, 0.25) is 0 Å². The molecule has 0 fully saturated rings. The summed E-state index contributed by atoms with van der Waals surface area (Å²) in [4.78, 5) is 77.2. The molecule has 2 aromatic carbocycles. The third-order valence-electron chi connectivity index (χ3n) is 9.10. The van der Waals surface area contributed by atoms with Gasteiger partial charge in [0.2, 0.25) is 31.3 Å². The van der Waals surface area contributed by atoms with Crippen molar-refractivity contribution in [2.24, 2.45) is 16.6 Å². The summed E-state index contributed by atoms with van der Waals surface area (Å²) >= 11 is 0. The van der Waals surface area contributed by atoms with E-state index in [0.29, 0.717) is 23.2 Å². The number of allylic oxidation sites excluding steroid dienone is 1. The van der Waals surface area contributed by atoms with E-state index in [1.807, 2.05) is 18.2 Å². The lowest BCUT2D eigenvalue weighted by Crippen LogP contribution is -2.54. The number of amides is 4. The first-order valence-corrected chi connectivity index (χ1v) is 19.9. The van der Waals surface area contributed by atoms with Crippen LogP contribution >= 0.6 is 7.60 Å². The normalized spacial score (nSPS) is 17.2. The minimum Gasteiger partial charge on any atom is -0.448 e. The average Bonchev–Trinajstić information content (AvgIpc) is 3.48. The quantitative estimate of drug-likeness (QED) is 0.0536. The summed E-state index contributed by atoms with van der Waals surface area (Å²) in [5.74, 6) is -3.30. The first-order chi connectivity index (χ1) is 27.0. The fourth-order valence-corrected chi connectivity index (χ4v) is 7.18. The molecule has 16 nitrogen and oxygen atoms in total. The number of primary amides is 1. The van der Waals surface area contributed by atoms with E-state index in [4.69, 9.17) is 24.3 Å². The second kappa shape index (κ2) is 18.2. The van der Waals surface area contributed by atoms with Crippen LogP contribution in [0, 0.1) is 10.8 Å². The van der Waals surface area contributed by atoms with Gasteiger partial charge in [0.25, 0.3) is 0 Å². The molecular formula is C39H49F2N4O12P. The molecule has 2 aliphatic rings. The number of nitrogens with one attached hydrogen (secondary N) is 2. The molecule has 0 bridgehead atoms. The van der Waals surface area contributed by atoms with Gasteiger partial charge in [-0.3, -0.25) is 42.5 Å². The lowest BCUT2D eigenvalue weighted by Gasteiger charge is -2.27. The van der Waals surface area contributed by atoms with Crippen molar-refractivity contribution in [1.29, 1.82) is 0 Å². The van der Waals surface area contributed by atoms with Crippen molar-refractivity contribution in [3.63, 3.8) is 0 Å². The van der Waals surface area contributed by atoms with Crippen LogP contribution in [0.1, 0.15) is 77.1 Å². The van der Waals surface area contributed by atoms with Gasteiger partial charge >= 0.3 is 31.3 Å². The minimum absolute atomic E-state index is 0.0309. The zero-order valence-corrected chi connectivity index (χ0v) is 34.2. The lowest BCUT2D eigenvalue weighted by atomic mass is 9.98. The van der Waals surface area contributed by atoms with Crippen molar-refractivity contribution < 1.29 is 65.4 Å². The number of carbonyl (C=O) groups excluding carboxylic acids is 6. The first-order valence-electron chi connectivity index (χ1n) is 18.3. The monoisotopic (exact) mass is 834 g/mol. The molecule has 0 saturated carbocycles. The Balaban J connectivity index is 1.48. The number of para-hydroxylation sites is 1. The van der Waals surface area contributed by atoms with Gasteiger partial charge in [0.1, 0.15) is 18.7 Å². The maximum Gasteiger partial charge on any atom is 0.410 e. The lowest BCUT2D eigenvalue weighted by molar-refractivity contribution is -0.163. The van der Waals surface area contributed by atoms with Gasteiger partial charge in [-0.1, -0.05) is 42.5 Å². The van der Waals surface area contributed by atoms with E-state index >= 15 is 8.78 Å². The Morgan fingerprint density at radius 1 is 0.897 bits per heavy atom. The number of hydrogen-bond acceptors (Lipinski definition) is 12. The Morgan fingerprint density at radius 3 is 2.02 bits per heavy atom. The van der Waals surface area contributed by atoms with Crippen LogP contribution in [-0.4, -0.2) is 74.6 Å². The molecule has 316 valence electrons. The van der Waals surface area contributed by atoms with Crippen molar-refractivity contribution in [2.75, 3.05) is 31.6 Å². The summed E-state index contributed by atoms with van der Waals surface area (Å²) < 4.78 is 69.9. The Hall–Kier alpha value is -5.19. The number of nitrogens with two attached hydrogens (primary N) is 1. The molecule has 2 aromatic rings. The van der Waals surface area contributed by atoms with Crippen molar-refractivity contribution in [3.8, 4) is 0 Å². The van der Waals surface area contributed by atoms with Gasteiger partial charge in [0, 0.05) is 18.1 Å². The average molecular weight is 835 g/mol. The standard InChI is InChI=1S/C39H49F2N4O12P/c1-23(19-30(46)44-28-16-13-25-9-8-10-26-20-29(45(31(25)26)33(28)48)32(47)43-17-18-53-36(42)51)24-11-14-27(15-12-24)39(40,41)58(52,56-21-54-34(49)37(2,3)4)57-22-55-35(50)38(5,6)7/h8-12,14-15,19,28-29H,13,16-18,20-22H2,1-7H3,(H2,42,51)(H,43,47)(H,44,46)/b23-19+/t28?,29-/m0/s1. The van der Waals surface area contributed by atoms with Crippen LogP contribution < -0.4 is 21.3 Å². The summed E-state index contributed by atoms with van der Waals surface area (Å²) in [6, 6.07) is 7.91. The largest absolute Gasteiger partial charge is 0.448 e. The highest BCUT2D eigenvalue weighted by molar-refractivity contribution is 7.54. The molecule has 0 spiro atoms. The number of alkyl halides is 2. The van der Waals surface area contributed by atoms with E-state index in [1.54, 1.807) is 0 Å². The molecule has 1 unspecified atom stereocenters. The second-order valence-electron chi connectivity index (χ2n) is 15.7. The maximum atomic E-state index is 16.0. The Kier molecular flexibility index (Phi) is 14.3. The van der Waals surface area contributed by atoms with Gasteiger partial charge in [0.05, 0.1) is 23.1 Å². The molecule has 19 heteroatoms. The number of anilines is 1. The number of rotatable bonds is 15. The molecule has 0 aromatic heterocycles. The van der Waals surface area contributed by atoms with Gasteiger partial charge in [-0.15, -0.1) is 0 Å². The minimum atomic E-state index is -5.55. The molecule has 4 rings (SSSR count). The molecule has 0 aliphatic carbocycles. The number of aryl methyl sites for hydroxylation is 1. The summed E-state index contributed by atoms with van der Waals surface area (Å²) in [7, 11) is -5.55. The van der Waals surface area contributed by atoms with E-state index in [1.165, 1.54) is 71.6 Å². The summed E-state index contributed by atoms with van der Waals surface area (Å²) in [6.07, 6.45) is 1.07. The van der Waals surface area contributed by atoms with Crippen molar-refractivity contribution in [1.82, 2.24) is 10.6 Å². The smallest absolute Gasteiger partial charge is 0.410 e. The van der Waals surface area contributed by atoms with Crippen LogP contribution in [0.5, 0.6) is 0 Å². The third-order valence-corrected chi connectivity index (χ3v) is 10.9. The number of ether oxygens (including phenoxy) is 3. The molecule has 2 heterocycles. The van der Waals surface area contributed by atoms with Gasteiger partial charge < -0.3 is 30.6 Å². The van der Waals surface area contributed by atoms with Crippen molar-refractivity contribution in [3.05, 3.63) is 70.8 Å². The first kappa shape index (κ1) is 45.5. The van der Waals surface area contributed by atoms with Crippen LogP contribution in [0.25, 0.3) is 5.57 Å². The summed E-state index contributed by atoms with van der Waals surface area (Å²) in [5.41, 5.74) is 0.599. The van der Waals surface area contributed by atoms with Gasteiger partial charge in [-0.25, -0.2) is 4.79 Å². The Bertz CT molecular complexity index is 1960. The van der Waals surface area contributed by atoms with E-state index in [2.05, 4.69) is 15.4 Å². The van der Waals surface area contributed by atoms with Gasteiger partial charge in [-0.2, -0.15) is 8.78 Å². The number of nitrogens with zero attached hydrogens (tertiary/aromatic N) is 1. The summed E-state index contributed by atoms with van der Waals surface area (Å²) in [5, 5.41) is 5.36. The van der Waals surface area contributed by atoms with Crippen LogP contribution in [0.3, 0.4) is 0 Å². The Morgan fingerprint density at radius 2 is 1.47 bits per heavy atom. The van der Waals surface area contributed by atoms with Crippen LogP contribution in [-0.2, 0) is 70.3 Å². The van der Waals surface area contributed by atoms with Crippen molar-refractivity contribution in [2.45, 2.75) is 85.5 Å². The van der Waals surface area contributed by atoms with E-state index in [9.17, 15) is 33.3 Å². The molecule has 4 amide bonds. The molecule has 2 aliphatic heterocycles. The second-order valence-corrected chi connectivity index (χ2v) is 17.8. The number of esters is 2. The predicted octanol–water partition coefficient (Wildman–Crippen LogP) is 5.06. The fourth-order valence-electron chi connectivity index (χ4n) is 5.93. The van der Waals surface area contributed by atoms with Crippen LogP contribution in [0.4, 0.5) is 19.3 Å². The third kappa shape index (κ3) is 10.8. The highest BCUT2D eigenvalue weighted by Crippen LogP contribution is 2.67. The number of hydrogen-bond donors (Lipinski definition) is 3. The molecular weight excluding hydrogens is 785 g/mol. The van der Waals surface area contributed by atoms with Crippen molar-refractivity contribution >= 4 is 54.6 Å². The maximum absolute atomic E-state index is 16.0. The number of carbonyl (C=O) groups is 6. The van der Waals surface area contributed by atoms with E-state index < -0.39 is 91.1 Å². The number of benzene rings is 2. The zero-order valence-electron chi connectivity index (χ0n) is 33.3. The molecule has 2 atom stereocenters. The molecule has 0 radical (unpaired) electrons. The molecule has 4 N–H and O–H groups in total. The molecule has 0 saturated heterocycles. The fraction of sp³-hybridized carbons (Fsp3) is 0.487. The number of halogens is 2. The zero-order chi connectivity index (χ0) is 43.2. The topological polar surface area (TPSA) is 219 Å². The van der Waals surface area contributed by atoms with Gasteiger partial charge in [0.15, 0.2) is 0 Å². The van der Waals surface area contributed by atoms with E-state index in [0.717, 1.165) is 23.3 Å². The van der Waals surface area contributed by atoms with Gasteiger partial charge in [-0.05, 0) is 83.6 Å². The SMILES string of the molecule is C/C(=C\C(=O)NC1CCc2cccc3c2N(C1=O)[C@H](C(=O)NCCOC(N)=O)C3)c1ccc(C(F)(F)P(=O)(OCOC(=O)C(C)(C)C)OCOC(=O)C(C)(C)C)cc1. The van der Waals surface area contributed by atoms with E-state index in [-0.39, 0.29) is 26.0 Å². The highest BCUT2D eigenvalue weighted by atomic mass is 31.2. The van der Waals surface area contributed by atoms with Crippen LogP contribution in [0.15, 0.2) is 48.5 Å². The molecule has 58 heavy (non-hydrogen) atoms. The highest BCUT2D eigenvalue weighted by Gasteiger charge is 2.56.